The van der Waals surface area contributed by atoms with E-state index in [1.807, 2.05) is 0 Å². The number of hydrogen-bond acceptors (Lipinski definition) is 8. The zero-order valence-corrected chi connectivity index (χ0v) is 22.5. The summed E-state index contributed by atoms with van der Waals surface area (Å²) in [7, 11) is 0. The number of nitrogens with two attached hydrogens (primary N) is 4. The van der Waals surface area contributed by atoms with Crippen LogP contribution in [0, 0.1) is 5.41 Å². The smallest absolute Gasteiger partial charge is 0.326 e. The van der Waals surface area contributed by atoms with Crippen molar-refractivity contribution >= 4 is 29.5 Å². The Kier molecular flexibility index (Phi) is 12.7. The molecule has 0 radical (unpaired) electrons. The maximum absolute atomic E-state index is 13.5. The Morgan fingerprint density at radius 2 is 1.60 bits per heavy atom. The van der Waals surface area contributed by atoms with Crippen LogP contribution >= 0.6 is 0 Å². The Hall–Kier alpha value is -3.87. The summed E-state index contributed by atoms with van der Waals surface area (Å²) in [5.74, 6) is -4.00. The lowest BCUT2D eigenvalue weighted by Gasteiger charge is -2.35. The van der Waals surface area contributed by atoms with Gasteiger partial charge in [-0.2, -0.15) is 0 Å². The van der Waals surface area contributed by atoms with Gasteiger partial charge in [-0.05, 0) is 37.8 Å². The largest absolute Gasteiger partial charge is 0.480 e. The molecule has 0 aliphatic heterocycles. The van der Waals surface area contributed by atoms with Gasteiger partial charge >= 0.3 is 5.97 Å². The molecule has 0 saturated heterocycles. The predicted octanol–water partition coefficient (Wildman–Crippen LogP) is -0.596. The summed E-state index contributed by atoms with van der Waals surface area (Å²) in [5, 5.41) is 14.9. The number of Topliss-reactive ketones (excluding diaryl/α,β-unsaturated/α-hetero) is 1. The van der Waals surface area contributed by atoms with Gasteiger partial charge in [0.2, 0.25) is 17.7 Å². The second-order valence-electron chi connectivity index (χ2n) is 10.0. The fourth-order valence-corrected chi connectivity index (χ4v) is 4.59. The van der Waals surface area contributed by atoms with E-state index in [0.29, 0.717) is 31.4 Å². The summed E-state index contributed by atoms with van der Waals surface area (Å²) in [6.07, 6.45) is 7.68. The fourth-order valence-electron chi connectivity index (χ4n) is 4.59. The lowest BCUT2D eigenvalue weighted by molar-refractivity contribution is -0.142. The number of aliphatic carboxylic acids is 1. The fraction of sp³-hybridized carbons (Fsp3) is 0.464. The van der Waals surface area contributed by atoms with Gasteiger partial charge in [0.15, 0.2) is 5.78 Å². The Labute approximate surface area is 233 Å². The Morgan fingerprint density at radius 3 is 2.17 bits per heavy atom. The Bertz CT molecular complexity index is 1110. The molecule has 1 aromatic rings. The zero-order chi connectivity index (χ0) is 29.7. The molecule has 0 bridgehead atoms. The number of rotatable bonds is 17. The molecular formula is C28H40N6O6. The molecule has 218 valence electrons. The van der Waals surface area contributed by atoms with Crippen molar-refractivity contribution in [3.05, 3.63) is 60.2 Å². The van der Waals surface area contributed by atoms with E-state index in [2.05, 4.69) is 10.6 Å². The first-order valence-electron chi connectivity index (χ1n) is 13.2. The van der Waals surface area contributed by atoms with Crippen LogP contribution in [0.15, 0.2) is 54.6 Å². The zero-order valence-electron chi connectivity index (χ0n) is 22.5. The van der Waals surface area contributed by atoms with Crippen molar-refractivity contribution in [2.75, 3.05) is 6.54 Å². The summed E-state index contributed by atoms with van der Waals surface area (Å²) < 4.78 is 0. The van der Waals surface area contributed by atoms with E-state index in [-0.39, 0.29) is 19.3 Å². The van der Waals surface area contributed by atoms with Crippen LogP contribution in [0.3, 0.4) is 0 Å². The maximum Gasteiger partial charge on any atom is 0.326 e. The van der Waals surface area contributed by atoms with Crippen molar-refractivity contribution in [3.63, 3.8) is 0 Å². The highest BCUT2D eigenvalue weighted by Crippen LogP contribution is 2.36. The number of nitrogens with one attached hydrogen (secondary N) is 2. The first-order chi connectivity index (χ1) is 19.0. The molecule has 1 aliphatic carbocycles. The second kappa shape index (κ2) is 15.7. The topological polar surface area (TPSA) is 234 Å². The molecule has 1 aromatic carbocycles. The van der Waals surface area contributed by atoms with E-state index in [1.165, 1.54) is 0 Å². The van der Waals surface area contributed by atoms with Crippen LogP contribution in [-0.4, -0.2) is 65.3 Å². The van der Waals surface area contributed by atoms with Crippen LogP contribution in [-0.2, 0) is 30.4 Å². The third-order valence-electron chi connectivity index (χ3n) is 6.80. The van der Waals surface area contributed by atoms with Crippen molar-refractivity contribution in [1.82, 2.24) is 10.6 Å². The Balaban J connectivity index is 2.35. The minimum Gasteiger partial charge on any atom is -0.480 e. The number of amides is 3. The monoisotopic (exact) mass is 556 g/mol. The van der Waals surface area contributed by atoms with Crippen molar-refractivity contribution < 1.29 is 29.1 Å². The van der Waals surface area contributed by atoms with Gasteiger partial charge in [0, 0.05) is 12.8 Å². The van der Waals surface area contributed by atoms with Crippen LogP contribution in [0.1, 0.15) is 44.1 Å². The molecule has 0 aromatic heterocycles. The van der Waals surface area contributed by atoms with Gasteiger partial charge in [0.25, 0.3) is 0 Å². The SMILES string of the molecule is NCCCC[C@H](N)C(=O)N[C@@H](CC1(C(=O)[C@@H](N)CC(N)=O)C=CC=CC1)C(=O)N[C@@H](Cc1ccccc1)C(=O)O. The molecule has 1 aliphatic rings. The number of ketones is 1. The Morgan fingerprint density at radius 1 is 0.925 bits per heavy atom. The van der Waals surface area contributed by atoms with E-state index in [9.17, 15) is 29.1 Å². The highest BCUT2D eigenvalue weighted by atomic mass is 16.4. The van der Waals surface area contributed by atoms with Crippen LogP contribution in [0.2, 0.25) is 0 Å². The first kappa shape index (κ1) is 32.3. The van der Waals surface area contributed by atoms with Gasteiger partial charge in [0.1, 0.15) is 12.1 Å². The molecule has 40 heavy (non-hydrogen) atoms. The molecule has 0 fully saturated rings. The van der Waals surface area contributed by atoms with Crippen molar-refractivity contribution in [1.29, 1.82) is 0 Å². The van der Waals surface area contributed by atoms with Crippen LogP contribution < -0.4 is 33.6 Å². The van der Waals surface area contributed by atoms with Gasteiger partial charge in [0.05, 0.1) is 17.5 Å². The van der Waals surface area contributed by atoms with E-state index >= 15 is 0 Å². The number of carboxylic acid groups (broad SMARTS) is 1. The predicted molar refractivity (Wildman–Crippen MR) is 149 cm³/mol. The van der Waals surface area contributed by atoms with Crippen molar-refractivity contribution in [2.24, 2.45) is 28.3 Å². The number of primary amides is 1. The number of unbranched alkanes of at least 4 members (excludes halogenated alkanes) is 1. The lowest BCUT2D eigenvalue weighted by atomic mass is 9.70. The molecular weight excluding hydrogens is 516 g/mol. The molecule has 11 N–H and O–H groups in total. The third kappa shape index (κ3) is 9.70. The van der Waals surface area contributed by atoms with Gasteiger partial charge < -0.3 is 38.7 Å². The molecule has 1 unspecified atom stereocenters. The second-order valence-corrected chi connectivity index (χ2v) is 10.0. The molecule has 5 atom stereocenters. The molecule has 12 heteroatoms. The molecule has 0 saturated carbocycles. The number of carboxylic acids is 1. The van der Waals surface area contributed by atoms with E-state index < -0.39 is 65.5 Å². The molecule has 0 spiro atoms. The van der Waals surface area contributed by atoms with Gasteiger partial charge in [-0.1, -0.05) is 61.1 Å². The quantitative estimate of drug-likeness (QED) is 0.121. The van der Waals surface area contributed by atoms with Crippen molar-refractivity contribution in [2.45, 2.75) is 69.1 Å². The van der Waals surface area contributed by atoms with Crippen molar-refractivity contribution in [3.8, 4) is 0 Å². The van der Waals surface area contributed by atoms with E-state index in [4.69, 9.17) is 22.9 Å². The highest BCUT2D eigenvalue weighted by molar-refractivity contribution is 5.97. The lowest BCUT2D eigenvalue weighted by Crippen LogP contribution is -2.57. The summed E-state index contributed by atoms with van der Waals surface area (Å²) in [6.45, 7) is 0.438. The van der Waals surface area contributed by atoms with Crippen LogP contribution in [0.25, 0.3) is 0 Å². The van der Waals surface area contributed by atoms with E-state index in [1.54, 1.807) is 54.6 Å². The normalized spacial score (nSPS) is 19.2. The summed E-state index contributed by atoms with van der Waals surface area (Å²) in [4.78, 5) is 63.5. The van der Waals surface area contributed by atoms with Gasteiger partial charge in [-0.25, -0.2) is 4.79 Å². The van der Waals surface area contributed by atoms with Gasteiger partial charge in [-0.15, -0.1) is 0 Å². The average molecular weight is 557 g/mol. The first-order valence-corrected chi connectivity index (χ1v) is 13.2. The molecule has 12 nitrogen and oxygen atoms in total. The third-order valence-corrected chi connectivity index (χ3v) is 6.80. The number of hydrogen-bond donors (Lipinski definition) is 7. The number of carbonyl (C=O) groups is 5. The van der Waals surface area contributed by atoms with E-state index in [0.717, 1.165) is 0 Å². The van der Waals surface area contributed by atoms with Crippen LogP contribution in [0.5, 0.6) is 0 Å². The maximum atomic E-state index is 13.5. The number of allylic oxidation sites excluding steroid dienone is 4. The summed E-state index contributed by atoms with van der Waals surface area (Å²) in [6, 6.07) is 3.90. The number of carbonyl (C=O) groups excluding carboxylic acids is 4. The minimum absolute atomic E-state index is 0.00260. The minimum atomic E-state index is -1.36. The molecule has 3 amide bonds. The highest BCUT2D eigenvalue weighted by Gasteiger charge is 2.43. The molecule has 2 rings (SSSR count). The van der Waals surface area contributed by atoms with Gasteiger partial charge in [-0.3, -0.25) is 19.2 Å². The number of benzene rings is 1. The molecule has 0 heterocycles. The van der Waals surface area contributed by atoms with Crippen LogP contribution in [0.4, 0.5) is 0 Å². The summed E-state index contributed by atoms with van der Waals surface area (Å²) in [5.41, 5.74) is 22.1. The standard InChI is InChI=1S/C28H40N6O6/c29-14-8-5-11-19(30)25(37)34-22(26(38)33-21(27(39)40)15-18-9-3-1-4-10-18)17-28(12-6-2-7-13-28)24(36)20(31)16-23(32)35/h1-4,6-7,9-10,12,19-22H,5,8,11,13-17,29-31H2,(H2,32,35)(H,33,38)(H,34,37)(H,39,40)/t19-,20-,21-,22-,28?/m0/s1. The average Bonchev–Trinajstić information content (AvgIpc) is 2.92. The summed E-state index contributed by atoms with van der Waals surface area (Å²) >= 11 is 0.